The van der Waals surface area contributed by atoms with Gasteiger partial charge in [0.25, 0.3) is 0 Å². The Bertz CT molecular complexity index is 716. The molecular weight excluding hydrogens is 510 g/mol. The predicted molar refractivity (Wildman–Crippen MR) is 127 cm³/mol. The van der Waals surface area contributed by atoms with Crippen molar-refractivity contribution in [1.29, 1.82) is 0 Å². The van der Waals surface area contributed by atoms with E-state index in [1.807, 2.05) is 0 Å². The maximum Gasteiger partial charge on any atom is 0.225 e. The molecule has 3 rings (SSSR count). The van der Waals surface area contributed by atoms with E-state index in [1.54, 1.807) is 0 Å². The highest BCUT2D eigenvalue weighted by Crippen LogP contribution is 2.23. The summed E-state index contributed by atoms with van der Waals surface area (Å²) < 4.78 is 21.5. The van der Waals surface area contributed by atoms with Crippen molar-refractivity contribution < 1.29 is 59.2 Å². The van der Waals surface area contributed by atoms with E-state index in [9.17, 15) is 40.2 Å². The smallest absolute Gasteiger partial charge is 0.225 e. The molecule has 15 nitrogen and oxygen atoms in total. The number of nitrogens with one attached hydrogen (secondary N) is 3. The normalized spacial score (nSPS) is 41.9. The third-order valence-corrected chi connectivity index (χ3v) is 7.14. The van der Waals surface area contributed by atoms with Crippen LogP contribution in [0.3, 0.4) is 0 Å². The molecule has 3 aliphatic heterocycles. The topological polar surface area (TPSA) is 229 Å². The Balaban J connectivity index is 1.38. The van der Waals surface area contributed by atoms with Gasteiger partial charge < -0.3 is 65.5 Å². The third-order valence-electron chi connectivity index (χ3n) is 7.14. The first-order valence-electron chi connectivity index (χ1n) is 12.9. The standard InChI is InChI=1S/C23H41N3O12/c1-10-14(27)16(29)18(31)22(37-10)35-7-5-25-20(33)12-3-4-24-9-13(12)21(34)26-6-8-36-23-19(32)17(30)15(28)11(2)38-23/h10-19,22-24,27-32H,3-9H2,1-2H3,(H,25,33)(H,26,34)/t10-,11-,12?,13?,14+,15+,16+,17+,18-,19-,22+,23+/m0/s1. The van der Waals surface area contributed by atoms with Crippen LogP contribution in [0.15, 0.2) is 0 Å². The van der Waals surface area contributed by atoms with Crippen LogP contribution in [0.5, 0.6) is 0 Å². The van der Waals surface area contributed by atoms with Gasteiger partial charge in [-0.25, -0.2) is 0 Å². The van der Waals surface area contributed by atoms with Gasteiger partial charge in [-0.15, -0.1) is 0 Å². The molecule has 2 amide bonds. The molecule has 0 aliphatic carbocycles. The summed E-state index contributed by atoms with van der Waals surface area (Å²) in [5, 5.41) is 67.7. The van der Waals surface area contributed by atoms with Gasteiger partial charge in [0, 0.05) is 19.6 Å². The molecule has 0 aromatic heterocycles. The summed E-state index contributed by atoms with van der Waals surface area (Å²) in [7, 11) is 0. The summed E-state index contributed by atoms with van der Waals surface area (Å²) in [6, 6.07) is 0. The van der Waals surface area contributed by atoms with Gasteiger partial charge in [-0.3, -0.25) is 9.59 Å². The van der Waals surface area contributed by atoms with Gasteiger partial charge in [0.05, 0.1) is 37.3 Å². The summed E-state index contributed by atoms with van der Waals surface area (Å²) in [5.41, 5.74) is 0. The summed E-state index contributed by atoms with van der Waals surface area (Å²) in [5.74, 6) is -1.92. The third kappa shape index (κ3) is 7.57. The van der Waals surface area contributed by atoms with Crippen LogP contribution in [0, 0.1) is 11.8 Å². The number of rotatable bonds is 10. The molecule has 3 saturated heterocycles. The van der Waals surface area contributed by atoms with Gasteiger partial charge in [-0.2, -0.15) is 0 Å². The molecule has 0 radical (unpaired) electrons. The van der Waals surface area contributed by atoms with Crippen LogP contribution in [-0.4, -0.2) is 143 Å². The molecular formula is C23H41N3O12. The molecule has 0 saturated carbocycles. The Morgan fingerprint density at radius 3 is 1.66 bits per heavy atom. The van der Waals surface area contributed by atoms with Crippen molar-refractivity contribution in [2.45, 2.75) is 81.7 Å². The molecule has 0 spiro atoms. The molecule has 3 fully saturated rings. The van der Waals surface area contributed by atoms with Crippen molar-refractivity contribution in [2.24, 2.45) is 11.8 Å². The Kier molecular flexibility index (Phi) is 11.6. The van der Waals surface area contributed by atoms with Gasteiger partial charge in [-0.05, 0) is 26.8 Å². The summed E-state index contributed by atoms with van der Waals surface area (Å²) >= 11 is 0. The van der Waals surface area contributed by atoms with Crippen molar-refractivity contribution >= 4 is 11.8 Å². The van der Waals surface area contributed by atoms with Crippen LogP contribution in [0.1, 0.15) is 20.3 Å². The fourth-order valence-electron chi connectivity index (χ4n) is 4.71. The lowest BCUT2D eigenvalue weighted by atomic mass is 9.85. The number of amides is 2. The lowest BCUT2D eigenvalue weighted by molar-refractivity contribution is -0.292. The summed E-state index contributed by atoms with van der Waals surface area (Å²) in [4.78, 5) is 25.6. The van der Waals surface area contributed by atoms with Crippen LogP contribution >= 0.6 is 0 Å². The van der Waals surface area contributed by atoms with E-state index < -0.39 is 73.2 Å². The number of aliphatic hydroxyl groups excluding tert-OH is 6. The minimum atomic E-state index is -1.44. The highest BCUT2D eigenvalue weighted by Gasteiger charge is 2.43. The van der Waals surface area contributed by atoms with E-state index in [1.165, 1.54) is 13.8 Å². The van der Waals surface area contributed by atoms with Crippen LogP contribution in [0.4, 0.5) is 0 Å². The predicted octanol–water partition coefficient (Wildman–Crippen LogP) is -4.87. The van der Waals surface area contributed by atoms with Gasteiger partial charge >= 0.3 is 0 Å². The Morgan fingerprint density at radius 2 is 1.18 bits per heavy atom. The molecule has 9 N–H and O–H groups in total. The molecule has 38 heavy (non-hydrogen) atoms. The Hall–Kier alpha value is -1.50. The molecule has 0 bridgehead atoms. The number of ether oxygens (including phenoxy) is 4. The number of carbonyl (C=O) groups excluding carboxylic acids is 2. The van der Waals surface area contributed by atoms with Crippen LogP contribution in [-0.2, 0) is 28.5 Å². The van der Waals surface area contributed by atoms with E-state index in [-0.39, 0.29) is 38.1 Å². The fourth-order valence-corrected chi connectivity index (χ4v) is 4.71. The van der Waals surface area contributed by atoms with Crippen molar-refractivity contribution in [3.8, 4) is 0 Å². The minimum Gasteiger partial charge on any atom is -0.388 e. The number of hydrogen-bond donors (Lipinski definition) is 9. The number of piperidine rings is 1. The quantitative estimate of drug-likeness (QED) is 0.116. The van der Waals surface area contributed by atoms with E-state index in [0.29, 0.717) is 19.5 Å². The van der Waals surface area contributed by atoms with Crippen LogP contribution < -0.4 is 16.0 Å². The molecule has 3 aliphatic rings. The van der Waals surface area contributed by atoms with Crippen molar-refractivity contribution in [3.63, 3.8) is 0 Å². The lowest BCUT2D eigenvalue weighted by Crippen LogP contribution is -2.57. The summed E-state index contributed by atoms with van der Waals surface area (Å²) in [6.07, 6.45) is -11.5. The van der Waals surface area contributed by atoms with Crippen LogP contribution in [0.2, 0.25) is 0 Å². The second-order valence-electron chi connectivity index (χ2n) is 9.89. The molecule has 3 heterocycles. The highest BCUT2D eigenvalue weighted by atomic mass is 16.7. The van der Waals surface area contributed by atoms with Gasteiger partial charge in [0.1, 0.15) is 36.6 Å². The van der Waals surface area contributed by atoms with Crippen molar-refractivity contribution in [3.05, 3.63) is 0 Å². The second kappa shape index (κ2) is 14.2. The summed E-state index contributed by atoms with van der Waals surface area (Å²) in [6.45, 7) is 4.02. The average Bonchev–Trinajstić information content (AvgIpc) is 2.91. The highest BCUT2D eigenvalue weighted by molar-refractivity contribution is 5.88. The number of hydrogen-bond acceptors (Lipinski definition) is 13. The molecule has 2 unspecified atom stereocenters. The molecule has 0 aromatic carbocycles. The molecule has 12 atom stereocenters. The first-order chi connectivity index (χ1) is 18.0. The SMILES string of the molecule is C[C@@H]1O[C@@H](OCCNC(=O)C2CCNCC2C(=O)NCCO[C@@H]2O[C@@H](C)[C@@H](O)[C@@H](O)[C@@H]2O)[C@@H](O)[C@H](O)[C@@H]1O. The minimum absolute atomic E-state index is 0.0262. The van der Waals surface area contributed by atoms with Crippen molar-refractivity contribution in [2.75, 3.05) is 39.4 Å². The maximum atomic E-state index is 12.8. The zero-order valence-corrected chi connectivity index (χ0v) is 21.5. The lowest BCUT2D eigenvalue weighted by Gasteiger charge is -2.39. The average molecular weight is 552 g/mol. The zero-order valence-electron chi connectivity index (χ0n) is 21.5. The monoisotopic (exact) mass is 551 g/mol. The van der Waals surface area contributed by atoms with E-state index >= 15 is 0 Å². The van der Waals surface area contributed by atoms with E-state index in [4.69, 9.17) is 18.9 Å². The zero-order chi connectivity index (χ0) is 28.0. The molecule has 15 heteroatoms. The first-order valence-corrected chi connectivity index (χ1v) is 12.9. The second-order valence-corrected chi connectivity index (χ2v) is 9.89. The van der Waals surface area contributed by atoms with Gasteiger partial charge in [0.2, 0.25) is 11.8 Å². The van der Waals surface area contributed by atoms with E-state index in [2.05, 4.69) is 16.0 Å². The Morgan fingerprint density at radius 1 is 0.737 bits per heavy atom. The number of aliphatic hydroxyl groups is 6. The number of carbonyl (C=O) groups is 2. The van der Waals surface area contributed by atoms with Crippen molar-refractivity contribution in [1.82, 2.24) is 16.0 Å². The first kappa shape index (κ1) is 31.0. The van der Waals surface area contributed by atoms with Gasteiger partial charge in [0.15, 0.2) is 12.6 Å². The fraction of sp³-hybridized carbons (Fsp3) is 0.913. The van der Waals surface area contributed by atoms with Crippen LogP contribution in [0.25, 0.3) is 0 Å². The Labute approximate surface area is 220 Å². The van der Waals surface area contributed by atoms with E-state index in [0.717, 1.165) is 0 Å². The molecule has 220 valence electrons. The molecule has 0 aromatic rings. The van der Waals surface area contributed by atoms with Gasteiger partial charge in [-0.1, -0.05) is 0 Å². The largest absolute Gasteiger partial charge is 0.388 e. The maximum absolute atomic E-state index is 12.8.